The smallest absolute Gasteiger partial charge is 0.262 e. The van der Waals surface area contributed by atoms with Gasteiger partial charge in [0, 0.05) is 5.56 Å². The number of carbonyl (C=O) groups excluding carboxylic acids is 1. The van der Waals surface area contributed by atoms with Crippen molar-refractivity contribution in [2.75, 3.05) is 19.0 Å². The van der Waals surface area contributed by atoms with Crippen LogP contribution in [0.3, 0.4) is 0 Å². The number of para-hydroxylation sites is 3. The van der Waals surface area contributed by atoms with Gasteiger partial charge in [0.05, 0.1) is 19.0 Å². The van der Waals surface area contributed by atoms with Crippen LogP contribution in [0.15, 0.2) is 53.7 Å². The molecule has 0 aliphatic heterocycles. The third-order valence-corrected chi connectivity index (χ3v) is 2.86. The van der Waals surface area contributed by atoms with Gasteiger partial charge in [0.15, 0.2) is 6.61 Å². The second-order valence-electron chi connectivity index (χ2n) is 4.32. The predicted octanol–water partition coefficient (Wildman–Crippen LogP) is 2.52. The lowest BCUT2D eigenvalue weighted by Gasteiger charge is -2.11. The largest absolute Gasteiger partial charge is 0.495 e. The lowest BCUT2D eigenvalue weighted by Crippen LogP contribution is -2.20. The van der Waals surface area contributed by atoms with Crippen LogP contribution in [-0.2, 0) is 4.79 Å². The number of hydrogen-bond acceptors (Lipinski definition) is 5. The topological polar surface area (TPSA) is 80.2 Å². The molecule has 1 amide bonds. The van der Waals surface area contributed by atoms with Crippen molar-refractivity contribution >= 4 is 17.8 Å². The van der Waals surface area contributed by atoms with Gasteiger partial charge >= 0.3 is 0 Å². The van der Waals surface area contributed by atoms with Crippen LogP contribution < -0.4 is 14.8 Å². The summed E-state index contributed by atoms with van der Waals surface area (Å²) < 4.78 is 10.6. The van der Waals surface area contributed by atoms with Gasteiger partial charge in [0.25, 0.3) is 5.91 Å². The van der Waals surface area contributed by atoms with Gasteiger partial charge in [-0.3, -0.25) is 4.79 Å². The molecule has 2 N–H and O–H groups in total. The number of nitrogens with one attached hydrogen (secondary N) is 1. The number of nitrogens with zero attached hydrogens (tertiary/aromatic N) is 1. The Bertz CT molecular complexity index is 671. The number of rotatable bonds is 6. The normalized spacial score (nSPS) is 10.4. The summed E-state index contributed by atoms with van der Waals surface area (Å²) in [6.45, 7) is -0.172. The van der Waals surface area contributed by atoms with Gasteiger partial charge in [-0.2, -0.15) is 0 Å². The standard InChI is InChI=1S/C16H16N2O4/c1-21-15-9-5-3-7-13(15)18-16(19)11-22-14-8-4-2-6-12(14)10-17-20/h2-10,20H,11H2,1H3,(H,18,19)/b17-10-. The van der Waals surface area contributed by atoms with E-state index in [9.17, 15) is 4.79 Å². The molecular weight excluding hydrogens is 284 g/mol. The average Bonchev–Trinajstić information content (AvgIpc) is 2.55. The van der Waals surface area contributed by atoms with Crippen molar-refractivity contribution in [2.45, 2.75) is 0 Å². The van der Waals surface area contributed by atoms with Crippen LogP contribution in [0.4, 0.5) is 5.69 Å². The maximum atomic E-state index is 11.9. The van der Waals surface area contributed by atoms with Gasteiger partial charge in [0.1, 0.15) is 11.5 Å². The summed E-state index contributed by atoms with van der Waals surface area (Å²) in [5, 5.41) is 14.3. The van der Waals surface area contributed by atoms with Crippen molar-refractivity contribution in [1.29, 1.82) is 0 Å². The third kappa shape index (κ3) is 3.99. The molecule has 0 atom stereocenters. The number of anilines is 1. The van der Waals surface area contributed by atoms with E-state index in [2.05, 4.69) is 10.5 Å². The first-order chi connectivity index (χ1) is 10.7. The zero-order valence-electron chi connectivity index (χ0n) is 12.0. The Morgan fingerprint density at radius 2 is 1.86 bits per heavy atom. The number of ether oxygens (including phenoxy) is 2. The van der Waals surface area contributed by atoms with Crippen LogP contribution >= 0.6 is 0 Å². The highest BCUT2D eigenvalue weighted by molar-refractivity contribution is 5.93. The number of amides is 1. The van der Waals surface area contributed by atoms with Gasteiger partial charge in [-0.15, -0.1) is 0 Å². The number of oxime groups is 1. The van der Waals surface area contributed by atoms with Crippen LogP contribution in [-0.4, -0.2) is 31.0 Å². The summed E-state index contributed by atoms with van der Waals surface area (Å²) in [7, 11) is 1.53. The second kappa shape index (κ2) is 7.68. The van der Waals surface area contributed by atoms with Crippen molar-refractivity contribution in [3.05, 3.63) is 54.1 Å². The first-order valence-corrected chi connectivity index (χ1v) is 6.56. The van der Waals surface area contributed by atoms with E-state index in [1.807, 2.05) is 6.07 Å². The van der Waals surface area contributed by atoms with Crippen molar-refractivity contribution in [3.63, 3.8) is 0 Å². The van der Waals surface area contributed by atoms with E-state index in [1.54, 1.807) is 42.5 Å². The molecule has 0 radical (unpaired) electrons. The van der Waals surface area contributed by atoms with Gasteiger partial charge < -0.3 is 20.0 Å². The zero-order valence-corrected chi connectivity index (χ0v) is 12.0. The highest BCUT2D eigenvalue weighted by Gasteiger charge is 2.09. The van der Waals surface area contributed by atoms with Crippen molar-refractivity contribution in [3.8, 4) is 11.5 Å². The number of benzene rings is 2. The lowest BCUT2D eigenvalue weighted by atomic mass is 10.2. The molecule has 2 rings (SSSR count). The summed E-state index contributed by atoms with van der Waals surface area (Å²) in [5.74, 6) is 0.708. The van der Waals surface area contributed by atoms with Gasteiger partial charge in [0.2, 0.25) is 0 Å². The Morgan fingerprint density at radius 3 is 2.59 bits per heavy atom. The van der Waals surface area contributed by atoms with Crippen molar-refractivity contribution in [1.82, 2.24) is 0 Å². The molecule has 0 spiro atoms. The van der Waals surface area contributed by atoms with E-state index < -0.39 is 0 Å². The fourth-order valence-corrected chi connectivity index (χ4v) is 1.86. The fourth-order valence-electron chi connectivity index (χ4n) is 1.86. The summed E-state index contributed by atoms with van der Waals surface area (Å²) in [4.78, 5) is 11.9. The Balaban J connectivity index is 1.99. The van der Waals surface area contributed by atoms with Gasteiger partial charge in [-0.25, -0.2) is 0 Å². The summed E-state index contributed by atoms with van der Waals surface area (Å²) >= 11 is 0. The molecule has 2 aromatic rings. The summed E-state index contributed by atoms with van der Waals surface area (Å²) in [5.41, 5.74) is 1.15. The van der Waals surface area contributed by atoms with Crippen LogP contribution in [0.5, 0.6) is 11.5 Å². The Kier molecular flexibility index (Phi) is 5.37. The average molecular weight is 300 g/mol. The Morgan fingerprint density at radius 1 is 1.18 bits per heavy atom. The molecule has 0 unspecified atom stereocenters. The van der Waals surface area contributed by atoms with E-state index in [4.69, 9.17) is 14.7 Å². The van der Waals surface area contributed by atoms with E-state index in [0.717, 1.165) is 0 Å². The molecule has 0 aromatic heterocycles. The van der Waals surface area contributed by atoms with E-state index in [0.29, 0.717) is 22.7 Å². The SMILES string of the molecule is COc1ccccc1NC(=O)COc1ccccc1/C=N\O. The maximum Gasteiger partial charge on any atom is 0.262 e. The Labute approximate surface area is 128 Å². The third-order valence-electron chi connectivity index (χ3n) is 2.86. The molecule has 6 nitrogen and oxygen atoms in total. The van der Waals surface area contributed by atoms with Crippen LogP contribution in [0.1, 0.15) is 5.56 Å². The number of hydrogen-bond donors (Lipinski definition) is 2. The second-order valence-corrected chi connectivity index (χ2v) is 4.32. The molecule has 114 valence electrons. The van der Waals surface area contributed by atoms with Crippen molar-refractivity contribution in [2.24, 2.45) is 5.16 Å². The van der Waals surface area contributed by atoms with E-state index >= 15 is 0 Å². The molecule has 0 fully saturated rings. The molecule has 0 saturated carbocycles. The van der Waals surface area contributed by atoms with Crippen molar-refractivity contribution < 1.29 is 19.5 Å². The number of methoxy groups -OCH3 is 1. The van der Waals surface area contributed by atoms with Gasteiger partial charge in [-0.05, 0) is 24.3 Å². The molecule has 0 aliphatic carbocycles. The Hall–Kier alpha value is -3.02. The van der Waals surface area contributed by atoms with Gasteiger partial charge in [-0.1, -0.05) is 29.4 Å². The summed E-state index contributed by atoms with van der Waals surface area (Å²) in [6.07, 6.45) is 1.24. The fraction of sp³-hybridized carbons (Fsp3) is 0.125. The highest BCUT2D eigenvalue weighted by atomic mass is 16.5. The van der Waals surface area contributed by atoms with Crippen LogP contribution in [0.2, 0.25) is 0 Å². The minimum Gasteiger partial charge on any atom is -0.495 e. The van der Waals surface area contributed by atoms with E-state index in [-0.39, 0.29) is 12.5 Å². The molecule has 0 aliphatic rings. The van der Waals surface area contributed by atoms with Crippen LogP contribution in [0.25, 0.3) is 0 Å². The molecular formula is C16H16N2O4. The zero-order chi connectivity index (χ0) is 15.8. The van der Waals surface area contributed by atoms with Crippen LogP contribution in [0, 0.1) is 0 Å². The first-order valence-electron chi connectivity index (χ1n) is 6.56. The molecule has 2 aromatic carbocycles. The predicted molar refractivity (Wildman–Crippen MR) is 82.9 cm³/mol. The monoisotopic (exact) mass is 300 g/mol. The van der Waals surface area contributed by atoms with E-state index in [1.165, 1.54) is 13.3 Å². The molecule has 0 bridgehead atoms. The minimum absolute atomic E-state index is 0.172. The number of carbonyl (C=O) groups is 1. The maximum absolute atomic E-state index is 11.9. The quantitative estimate of drug-likeness (QED) is 0.488. The molecule has 22 heavy (non-hydrogen) atoms. The summed E-state index contributed by atoms with van der Waals surface area (Å²) in [6, 6.07) is 14.1. The minimum atomic E-state index is -0.319. The molecule has 0 saturated heterocycles. The highest BCUT2D eigenvalue weighted by Crippen LogP contribution is 2.23. The molecule has 0 heterocycles. The lowest BCUT2D eigenvalue weighted by molar-refractivity contribution is -0.118. The molecule has 6 heteroatoms. The first kappa shape index (κ1) is 15.4.